The third kappa shape index (κ3) is 6.56. The van der Waals surface area contributed by atoms with Gasteiger partial charge >= 0.3 is 5.97 Å². The number of pyridine rings is 1. The number of nitrogens with one attached hydrogen (secondary N) is 2. The minimum Gasteiger partial charge on any atom is -0.478 e. The lowest BCUT2D eigenvalue weighted by molar-refractivity contribution is -0.123. The molecule has 2 heterocycles. The maximum absolute atomic E-state index is 13.5. The van der Waals surface area contributed by atoms with Crippen molar-refractivity contribution in [1.82, 2.24) is 15.2 Å². The molecular formula is C26H30FN5O5S. The van der Waals surface area contributed by atoms with E-state index in [0.717, 1.165) is 12.1 Å². The Morgan fingerprint density at radius 3 is 2.39 bits per heavy atom. The van der Waals surface area contributed by atoms with Crippen molar-refractivity contribution < 1.29 is 27.5 Å². The second-order valence-corrected chi connectivity index (χ2v) is 11.9. The van der Waals surface area contributed by atoms with Crippen molar-refractivity contribution in [2.45, 2.75) is 31.2 Å². The predicted molar refractivity (Wildman–Crippen MR) is 142 cm³/mol. The Morgan fingerprint density at radius 1 is 1.05 bits per heavy atom. The molecule has 2 aromatic carbocycles. The Kier molecular flexibility index (Phi) is 7.56. The maximum atomic E-state index is 13.5. The number of aromatic nitrogens is 1. The summed E-state index contributed by atoms with van der Waals surface area (Å²) >= 11 is 0. The summed E-state index contributed by atoms with van der Waals surface area (Å²) in [5.41, 5.74) is 0.186. The van der Waals surface area contributed by atoms with Gasteiger partial charge in [-0.15, -0.1) is 0 Å². The van der Waals surface area contributed by atoms with Crippen LogP contribution < -0.4 is 14.9 Å². The van der Waals surface area contributed by atoms with Gasteiger partial charge in [0.25, 0.3) is 10.0 Å². The van der Waals surface area contributed by atoms with E-state index < -0.39 is 21.8 Å². The third-order valence-corrected chi connectivity index (χ3v) is 7.34. The van der Waals surface area contributed by atoms with Crippen molar-refractivity contribution in [3.8, 4) is 0 Å². The summed E-state index contributed by atoms with van der Waals surface area (Å²) in [6.07, 6.45) is 0. The van der Waals surface area contributed by atoms with Gasteiger partial charge in [-0.05, 0) is 63.2 Å². The van der Waals surface area contributed by atoms with Crippen LogP contribution in [0.4, 0.5) is 15.9 Å². The Hall–Kier alpha value is -3.77. The van der Waals surface area contributed by atoms with Crippen molar-refractivity contribution in [3.63, 3.8) is 0 Å². The molecule has 4 rings (SSSR count). The second-order valence-electron chi connectivity index (χ2n) is 10.2. The van der Waals surface area contributed by atoms with Crippen LogP contribution in [0.2, 0.25) is 0 Å². The van der Waals surface area contributed by atoms with Crippen molar-refractivity contribution in [2.24, 2.45) is 0 Å². The molecule has 0 bridgehead atoms. The Labute approximate surface area is 220 Å². The van der Waals surface area contributed by atoms with Gasteiger partial charge < -0.3 is 15.3 Å². The van der Waals surface area contributed by atoms with E-state index in [-0.39, 0.29) is 39.5 Å². The number of amides is 1. The molecular weight excluding hydrogens is 513 g/mol. The molecule has 0 atom stereocenters. The number of carboxylic acids is 1. The number of hydrogen-bond acceptors (Lipinski definition) is 7. The van der Waals surface area contributed by atoms with E-state index in [9.17, 15) is 27.5 Å². The monoisotopic (exact) mass is 543 g/mol. The number of carbonyl (C=O) groups excluding carboxylic acids is 1. The van der Waals surface area contributed by atoms with Gasteiger partial charge in [0.2, 0.25) is 5.91 Å². The number of hydrogen-bond donors (Lipinski definition) is 3. The summed E-state index contributed by atoms with van der Waals surface area (Å²) in [5, 5.41) is 13.1. The molecule has 1 aromatic heterocycles. The standard InChI is InChI=1S/C26H30FN5O5S/c1-26(2,3)29-24(33)16-31-9-11-32(12-10-31)23-15-21(25(34)35)20-14-18(7-8-22(20)28-23)30-38(36,37)19-6-4-5-17(27)13-19/h4-8,13-15,30H,9-12,16H2,1-3H3,(H,29,33)(H,34,35). The van der Waals surface area contributed by atoms with E-state index >= 15 is 0 Å². The highest BCUT2D eigenvalue weighted by Gasteiger charge is 2.24. The summed E-state index contributed by atoms with van der Waals surface area (Å²) in [6.45, 7) is 8.41. The molecule has 1 saturated heterocycles. The Morgan fingerprint density at radius 2 is 1.76 bits per heavy atom. The fourth-order valence-corrected chi connectivity index (χ4v) is 5.34. The zero-order valence-electron chi connectivity index (χ0n) is 21.4. The second kappa shape index (κ2) is 10.5. The van der Waals surface area contributed by atoms with E-state index in [1.807, 2.05) is 30.6 Å². The normalized spacial score (nSPS) is 14.9. The van der Waals surface area contributed by atoms with Gasteiger partial charge in [-0.25, -0.2) is 22.6 Å². The van der Waals surface area contributed by atoms with Crippen molar-refractivity contribution >= 4 is 44.3 Å². The van der Waals surface area contributed by atoms with Gasteiger partial charge in [-0.2, -0.15) is 0 Å². The van der Waals surface area contributed by atoms with Crippen LogP contribution in [0.3, 0.4) is 0 Å². The molecule has 0 aliphatic carbocycles. The van der Waals surface area contributed by atoms with Gasteiger partial charge in [-0.3, -0.25) is 14.4 Å². The minimum atomic E-state index is -4.09. The average Bonchev–Trinajstić information content (AvgIpc) is 2.82. The van der Waals surface area contributed by atoms with Crippen LogP contribution in [0.1, 0.15) is 31.1 Å². The van der Waals surface area contributed by atoms with Crippen molar-refractivity contribution in [3.05, 3.63) is 59.9 Å². The Balaban J connectivity index is 1.53. The number of piperazine rings is 1. The largest absolute Gasteiger partial charge is 0.478 e. The number of aromatic carboxylic acids is 1. The van der Waals surface area contributed by atoms with E-state index in [1.54, 1.807) is 6.07 Å². The van der Waals surface area contributed by atoms with E-state index in [0.29, 0.717) is 37.5 Å². The smallest absolute Gasteiger partial charge is 0.336 e. The number of anilines is 2. The lowest BCUT2D eigenvalue weighted by atomic mass is 10.1. The number of halogens is 1. The molecule has 3 N–H and O–H groups in total. The number of nitrogens with zero attached hydrogens (tertiary/aromatic N) is 3. The highest BCUT2D eigenvalue weighted by molar-refractivity contribution is 7.92. The number of carboxylic acid groups (broad SMARTS) is 1. The van der Waals surface area contributed by atoms with Crippen molar-refractivity contribution in [2.75, 3.05) is 42.3 Å². The molecule has 202 valence electrons. The highest BCUT2D eigenvalue weighted by Crippen LogP contribution is 2.28. The quantitative estimate of drug-likeness (QED) is 0.415. The fourth-order valence-electron chi connectivity index (χ4n) is 4.26. The molecule has 1 aliphatic heterocycles. The first-order valence-electron chi connectivity index (χ1n) is 12.1. The Bertz CT molecular complexity index is 1480. The van der Waals surface area contributed by atoms with Crippen LogP contribution in [0.15, 0.2) is 53.4 Å². The first kappa shape index (κ1) is 27.3. The molecule has 1 aliphatic rings. The lowest BCUT2D eigenvalue weighted by Crippen LogP contribution is -2.52. The zero-order valence-corrected chi connectivity index (χ0v) is 22.2. The minimum absolute atomic E-state index is 0.0243. The first-order valence-corrected chi connectivity index (χ1v) is 13.5. The summed E-state index contributed by atoms with van der Waals surface area (Å²) in [7, 11) is -4.09. The van der Waals surface area contributed by atoms with Gasteiger partial charge in [0, 0.05) is 42.8 Å². The molecule has 12 heteroatoms. The number of rotatable bonds is 7. The molecule has 0 spiro atoms. The number of carbonyl (C=O) groups is 2. The van der Waals surface area contributed by atoms with E-state index in [1.165, 1.54) is 30.3 Å². The van der Waals surface area contributed by atoms with Gasteiger partial charge in [0.1, 0.15) is 11.6 Å². The molecule has 1 fully saturated rings. The molecule has 0 saturated carbocycles. The van der Waals surface area contributed by atoms with E-state index in [2.05, 4.69) is 15.0 Å². The molecule has 10 nitrogen and oxygen atoms in total. The number of fused-ring (bicyclic) bond motifs is 1. The van der Waals surface area contributed by atoms with Crippen LogP contribution in [0.5, 0.6) is 0 Å². The van der Waals surface area contributed by atoms with Crippen LogP contribution >= 0.6 is 0 Å². The molecule has 38 heavy (non-hydrogen) atoms. The summed E-state index contributed by atoms with van der Waals surface area (Å²) in [6, 6.07) is 10.5. The first-order chi connectivity index (χ1) is 17.8. The molecule has 3 aromatic rings. The van der Waals surface area contributed by atoms with Crippen molar-refractivity contribution in [1.29, 1.82) is 0 Å². The lowest BCUT2D eigenvalue weighted by Gasteiger charge is -2.35. The third-order valence-electron chi connectivity index (χ3n) is 5.96. The fraction of sp³-hybridized carbons (Fsp3) is 0.346. The van der Waals surface area contributed by atoms with Gasteiger partial charge in [0.15, 0.2) is 0 Å². The summed E-state index contributed by atoms with van der Waals surface area (Å²) in [5.74, 6) is -1.43. The molecule has 0 unspecified atom stereocenters. The topological polar surface area (TPSA) is 132 Å². The number of sulfonamides is 1. The average molecular weight is 544 g/mol. The molecule has 1 amide bonds. The van der Waals surface area contributed by atoms with Crippen LogP contribution in [0.25, 0.3) is 10.9 Å². The summed E-state index contributed by atoms with van der Waals surface area (Å²) in [4.78, 5) is 32.7. The van der Waals surface area contributed by atoms with Gasteiger partial charge in [0.05, 0.1) is 22.5 Å². The number of benzene rings is 2. The van der Waals surface area contributed by atoms with Crippen LogP contribution in [-0.4, -0.2) is 73.5 Å². The summed E-state index contributed by atoms with van der Waals surface area (Å²) < 4.78 is 41.3. The zero-order chi connectivity index (χ0) is 27.7. The van der Waals surface area contributed by atoms with E-state index in [4.69, 9.17) is 0 Å². The SMILES string of the molecule is CC(C)(C)NC(=O)CN1CCN(c2cc(C(=O)O)c3cc(NS(=O)(=O)c4cccc(F)c4)ccc3n2)CC1. The molecule has 0 radical (unpaired) electrons. The van der Waals surface area contributed by atoms with Gasteiger partial charge in [-0.1, -0.05) is 6.07 Å². The predicted octanol–water partition coefficient (Wildman–Crippen LogP) is 2.91. The van der Waals surface area contributed by atoms with Crippen LogP contribution in [-0.2, 0) is 14.8 Å². The highest BCUT2D eigenvalue weighted by atomic mass is 32.2. The van der Waals surface area contributed by atoms with Crippen LogP contribution in [0, 0.1) is 5.82 Å². The maximum Gasteiger partial charge on any atom is 0.336 e.